The van der Waals surface area contributed by atoms with Crippen LogP contribution in [0.5, 0.6) is 0 Å². The van der Waals surface area contributed by atoms with E-state index in [2.05, 4.69) is 26.0 Å². The Hall–Kier alpha value is -1.19. The van der Waals surface area contributed by atoms with Gasteiger partial charge in [-0.05, 0) is 36.8 Å². The van der Waals surface area contributed by atoms with Gasteiger partial charge in [0.05, 0.1) is 5.60 Å². The zero-order valence-electron chi connectivity index (χ0n) is 13.3. The van der Waals surface area contributed by atoms with Crippen molar-refractivity contribution in [1.82, 2.24) is 0 Å². The molecule has 0 aliphatic heterocycles. The van der Waals surface area contributed by atoms with Gasteiger partial charge in [0.15, 0.2) is 0 Å². The van der Waals surface area contributed by atoms with Crippen LogP contribution in [0.3, 0.4) is 0 Å². The van der Waals surface area contributed by atoms with Crippen molar-refractivity contribution in [2.75, 3.05) is 0 Å². The minimum absolute atomic E-state index is 0.229. The zero-order chi connectivity index (χ0) is 15.7. The van der Waals surface area contributed by atoms with Crippen molar-refractivity contribution in [2.45, 2.75) is 70.4 Å². The quantitative estimate of drug-likeness (QED) is 0.648. The molecule has 3 nitrogen and oxygen atoms in total. The average Bonchev–Trinajstić information content (AvgIpc) is 2.46. The fourth-order valence-electron chi connectivity index (χ4n) is 2.90. The molecule has 0 spiro atoms. The largest absolute Gasteiger partial charge is 0.390 e. The molecule has 21 heavy (non-hydrogen) atoms. The first-order valence-corrected chi connectivity index (χ1v) is 8.05. The molecule has 0 radical (unpaired) electrons. The van der Waals surface area contributed by atoms with E-state index in [4.69, 9.17) is 5.73 Å². The number of aliphatic hydroxyl groups is 1. The Bertz CT molecular complexity index is 425. The smallest absolute Gasteiger partial charge is 0.121 e. The minimum atomic E-state index is -0.551. The summed E-state index contributed by atoms with van der Waals surface area (Å²) >= 11 is 0. The number of benzene rings is 1. The van der Waals surface area contributed by atoms with E-state index >= 15 is 0 Å². The molecule has 0 bridgehead atoms. The van der Waals surface area contributed by atoms with Crippen LogP contribution in [0.25, 0.3) is 0 Å². The number of aldehydes is 1. The van der Waals surface area contributed by atoms with Crippen LogP contribution in [0.4, 0.5) is 0 Å². The molecule has 0 amide bonds. The maximum absolute atomic E-state index is 10.7. The van der Waals surface area contributed by atoms with Crippen LogP contribution in [0, 0.1) is 0 Å². The summed E-state index contributed by atoms with van der Waals surface area (Å²) in [5, 5.41) is 10.7. The highest BCUT2D eigenvalue weighted by Gasteiger charge is 2.24. The van der Waals surface area contributed by atoms with Gasteiger partial charge in [-0.1, -0.05) is 51.0 Å². The van der Waals surface area contributed by atoms with Crippen LogP contribution in [-0.2, 0) is 11.2 Å². The molecule has 118 valence electrons. The number of hydrogen-bond acceptors (Lipinski definition) is 3. The number of nitrogens with two attached hydrogens (primary N) is 1. The Morgan fingerprint density at radius 1 is 1.24 bits per heavy atom. The van der Waals surface area contributed by atoms with Gasteiger partial charge >= 0.3 is 0 Å². The van der Waals surface area contributed by atoms with Gasteiger partial charge in [-0.2, -0.15) is 0 Å². The molecule has 0 saturated carbocycles. The topological polar surface area (TPSA) is 63.3 Å². The van der Waals surface area contributed by atoms with Crippen molar-refractivity contribution in [3.63, 3.8) is 0 Å². The molecule has 0 saturated heterocycles. The van der Waals surface area contributed by atoms with Crippen molar-refractivity contribution in [1.29, 1.82) is 0 Å². The molecule has 1 aromatic carbocycles. The third-order valence-electron chi connectivity index (χ3n) is 4.04. The second-order valence-corrected chi connectivity index (χ2v) is 5.98. The highest BCUT2D eigenvalue weighted by atomic mass is 16.3. The Balaban J connectivity index is 2.69. The lowest BCUT2D eigenvalue weighted by Gasteiger charge is -2.27. The maximum atomic E-state index is 10.7. The molecule has 1 rings (SSSR count). The predicted molar refractivity (Wildman–Crippen MR) is 87.1 cm³/mol. The normalized spacial score (nSPS) is 13.1. The Morgan fingerprint density at radius 2 is 1.90 bits per heavy atom. The van der Waals surface area contributed by atoms with E-state index in [0.717, 1.165) is 50.4 Å². The van der Waals surface area contributed by atoms with Crippen molar-refractivity contribution in [3.05, 3.63) is 35.4 Å². The molecule has 3 heteroatoms. The Morgan fingerprint density at radius 3 is 2.48 bits per heavy atom. The van der Waals surface area contributed by atoms with Crippen molar-refractivity contribution in [3.8, 4) is 0 Å². The number of carbonyl (C=O) groups excluding carboxylic acids is 1. The van der Waals surface area contributed by atoms with Crippen LogP contribution in [-0.4, -0.2) is 17.0 Å². The highest BCUT2D eigenvalue weighted by Crippen LogP contribution is 2.26. The first-order chi connectivity index (χ1) is 10.0. The van der Waals surface area contributed by atoms with E-state index in [-0.39, 0.29) is 6.04 Å². The molecule has 1 atom stereocenters. The second-order valence-electron chi connectivity index (χ2n) is 5.98. The number of hydrogen-bond donors (Lipinski definition) is 2. The molecule has 0 aliphatic carbocycles. The lowest BCUT2D eigenvalue weighted by molar-refractivity contribution is -0.108. The average molecular weight is 291 g/mol. The zero-order valence-corrected chi connectivity index (χ0v) is 13.3. The van der Waals surface area contributed by atoms with Gasteiger partial charge in [0, 0.05) is 12.5 Å². The van der Waals surface area contributed by atoms with E-state index in [1.165, 1.54) is 5.56 Å². The van der Waals surface area contributed by atoms with Crippen LogP contribution in [0.2, 0.25) is 0 Å². The maximum Gasteiger partial charge on any atom is 0.121 e. The SMILES string of the molecule is CCCC(O)(CCC)CCc1cccc(C(N)CC=O)c1. The summed E-state index contributed by atoms with van der Waals surface area (Å²) in [6.07, 6.45) is 6.54. The fourth-order valence-corrected chi connectivity index (χ4v) is 2.90. The molecule has 1 aromatic rings. The third-order valence-corrected chi connectivity index (χ3v) is 4.04. The molecule has 3 N–H and O–H groups in total. The van der Waals surface area contributed by atoms with Crippen LogP contribution in [0.1, 0.15) is 69.5 Å². The van der Waals surface area contributed by atoms with Crippen LogP contribution >= 0.6 is 0 Å². The van der Waals surface area contributed by atoms with Gasteiger partial charge in [-0.3, -0.25) is 0 Å². The molecular formula is C18H29NO2. The molecule has 0 aromatic heterocycles. The van der Waals surface area contributed by atoms with Crippen molar-refractivity contribution in [2.24, 2.45) is 5.73 Å². The van der Waals surface area contributed by atoms with Crippen LogP contribution < -0.4 is 5.73 Å². The van der Waals surface area contributed by atoms with Crippen LogP contribution in [0.15, 0.2) is 24.3 Å². The highest BCUT2D eigenvalue weighted by molar-refractivity contribution is 5.51. The van der Waals surface area contributed by atoms with Gasteiger partial charge in [0.1, 0.15) is 6.29 Å². The fraction of sp³-hybridized carbons (Fsp3) is 0.611. The number of rotatable bonds is 10. The van der Waals surface area contributed by atoms with Gasteiger partial charge in [0.25, 0.3) is 0 Å². The van der Waals surface area contributed by atoms with Crippen molar-refractivity contribution >= 4 is 6.29 Å². The summed E-state index contributed by atoms with van der Waals surface area (Å²) in [6, 6.07) is 7.84. The summed E-state index contributed by atoms with van der Waals surface area (Å²) in [5.74, 6) is 0. The molecule has 0 fully saturated rings. The van der Waals surface area contributed by atoms with Gasteiger partial charge in [-0.15, -0.1) is 0 Å². The van der Waals surface area contributed by atoms with E-state index in [1.54, 1.807) is 0 Å². The minimum Gasteiger partial charge on any atom is -0.390 e. The van der Waals surface area contributed by atoms with E-state index in [1.807, 2.05) is 12.1 Å². The lowest BCUT2D eigenvalue weighted by Crippen LogP contribution is -2.29. The van der Waals surface area contributed by atoms with Gasteiger partial charge in [-0.25, -0.2) is 0 Å². The van der Waals surface area contributed by atoms with Crippen molar-refractivity contribution < 1.29 is 9.90 Å². The molecule has 1 unspecified atom stereocenters. The molecule has 0 aliphatic rings. The predicted octanol–water partition coefficient (Wildman–Crippen LogP) is 3.54. The third kappa shape index (κ3) is 5.98. The van der Waals surface area contributed by atoms with E-state index < -0.39 is 5.60 Å². The Labute approximate surface area is 128 Å². The standard InChI is InChI=1S/C18H29NO2/c1-3-10-18(21,11-4-2)12-8-15-6-5-7-16(14-15)17(19)9-13-20/h5-7,13-14,17,21H,3-4,8-12,19H2,1-2H3. The number of aryl methyl sites for hydroxylation is 1. The first kappa shape index (κ1) is 17.9. The van der Waals surface area contributed by atoms with E-state index in [0.29, 0.717) is 6.42 Å². The first-order valence-electron chi connectivity index (χ1n) is 8.05. The van der Waals surface area contributed by atoms with Gasteiger partial charge < -0.3 is 15.6 Å². The lowest BCUT2D eigenvalue weighted by atomic mass is 9.86. The summed E-state index contributed by atoms with van der Waals surface area (Å²) in [7, 11) is 0. The monoisotopic (exact) mass is 291 g/mol. The number of carbonyl (C=O) groups is 1. The van der Waals surface area contributed by atoms with Gasteiger partial charge in [0.2, 0.25) is 0 Å². The molecule has 0 heterocycles. The van der Waals surface area contributed by atoms with E-state index in [9.17, 15) is 9.90 Å². The summed E-state index contributed by atoms with van der Waals surface area (Å²) in [4.78, 5) is 10.6. The summed E-state index contributed by atoms with van der Waals surface area (Å²) < 4.78 is 0. The Kier molecular flexibility index (Phi) is 7.62. The second kappa shape index (κ2) is 8.96. The molecular weight excluding hydrogens is 262 g/mol. The summed E-state index contributed by atoms with van der Waals surface area (Å²) in [6.45, 7) is 4.22. The summed E-state index contributed by atoms with van der Waals surface area (Å²) in [5.41, 5.74) is 7.59.